The Morgan fingerprint density at radius 1 is 1.41 bits per heavy atom. The number of hydrogen-bond donors (Lipinski definition) is 0. The van der Waals surface area contributed by atoms with Crippen LogP contribution in [0, 0.1) is 18.8 Å². The normalized spacial score (nSPS) is 16.4. The van der Waals surface area contributed by atoms with Gasteiger partial charge in [-0.1, -0.05) is 18.2 Å². The van der Waals surface area contributed by atoms with E-state index in [1.807, 2.05) is 31.2 Å². The highest BCUT2D eigenvalue weighted by Crippen LogP contribution is 2.37. The Balaban J connectivity index is 1.95. The maximum absolute atomic E-state index is 11.6. The first-order chi connectivity index (χ1) is 8.22. The van der Waals surface area contributed by atoms with E-state index in [9.17, 15) is 4.79 Å². The lowest BCUT2D eigenvalue weighted by Gasteiger charge is -2.15. The summed E-state index contributed by atoms with van der Waals surface area (Å²) in [6.07, 6.45) is 2.22. The van der Waals surface area contributed by atoms with Gasteiger partial charge in [-0.2, -0.15) is 0 Å². The second-order valence-corrected chi connectivity index (χ2v) is 4.54. The quantitative estimate of drug-likeness (QED) is 0.734. The van der Waals surface area contributed by atoms with Crippen molar-refractivity contribution in [2.45, 2.75) is 19.8 Å². The number of hydrogen-bond acceptors (Lipinski definition) is 3. The smallest absolute Gasteiger partial charge is 0.312 e. The van der Waals surface area contributed by atoms with E-state index in [2.05, 4.69) is 0 Å². The third kappa shape index (κ3) is 2.99. The van der Waals surface area contributed by atoms with E-state index in [0.29, 0.717) is 12.5 Å². The fourth-order valence-electron chi connectivity index (χ4n) is 1.94. The Morgan fingerprint density at radius 2 is 2.12 bits per heavy atom. The van der Waals surface area contributed by atoms with Gasteiger partial charge in [-0.3, -0.25) is 4.79 Å². The van der Waals surface area contributed by atoms with Crippen LogP contribution < -0.4 is 4.74 Å². The van der Waals surface area contributed by atoms with Crippen LogP contribution in [0.2, 0.25) is 0 Å². The number of benzene rings is 1. The molecule has 3 nitrogen and oxygen atoms in total. The topological polar surface area (TPSA) is 35.5 Å². The van der Waals surface area contributed by atoms with Gasteiger partial charge in [-0.05, 0) is 37.3 Å². The molecule has 1 atom stereocenters. The molecule has 1 aliphatic carbocycles. The molecule has 1 saturated carbocycles. The molecule has 0 N–H and O–H groups in total. The van der Waals surface area contributed by atoms with Crippen LogP contribution in [0.4, 0.5) is 0 Å². The van der Waals surface area contributed by atoms with Gasteiger partial charge in [0.15, 0.2) is 0 Å². The van der Waals surface area contributed by atoms with Crippen molar-refractivity contribution >= 4 is 5.97 Å². The van der Waals surface area contributed by atoms with Gasteiger partial charge in [0.05, 0.1) is 13.0 Å². The number of carbonyl (C=O) groups excluding carboxylic acids is 1. The van der Waals surface area contributed by atoms with Gasteiger partial charge >= 0.3 is 5.97 Å². The minimum absolute atomic E-state index is 0.111. The van der Waals surface area contributed by atoms with E-state index >= 15 is 0 Å². The number of ether oxygens (including phenoxy) is 2. The molecule has 0 heterocycles. The van der Waals surface area contributed by atoms with Gasteiger partial charge in [0.2, 0.25) is 0 Å². The summed E-state index contributed by atoms with van der Waals surface area (Å²) in [5.74, 6) is 1.04. The monoisotopic (exact) mass is 234 g/mol. The summed E-state index contributed by atoms with van der Waals surface area (Å²) in [7, 11) is 1.44. The minimum Gasteiger partial charge on any atom is -0.492 e. The first kappa shape index (κ1) is 12.0. The Labute approximate surface area is 102 Å². The summed E-state index contributed by atoms with van der Waals surface area (Å²) in [6.45, 7) is 2.42. The van der Waals surface area contributed by atoms with Gasteiger partial charge in [0.1, 0.15) is 12.4 Å². The molecule has 0 bridgehead atoms. The van der Waals surface area contributed by atoms with Crippen LogP contribution in [0.1, 0.15) is 18.4 Å². The SMILES string of the molecule is COC(=O)C(COc1ccccc1C)C1CC1. The molecule has 0 spiro atoms. The van der Waals surface area contributed by atoms with E-state index in [1.165, 1.54) is 7.11 Å². The molecule has 17 heavy (non-hydrogen) atoms. The number of esters is 1. The van der Waals surface area contributed by atoms with Crippen molar-refractivity contribution in [2.24, 2.45) is 11.8 Å². The first-order valence-corrected chi connectivity index (χ1v) is 5.98. The van der Waals surface area contributed by atoms with E-state index in [-0.39, 0.29) is 11.9 Å². The van der Waals surface area contributed by atoms with Gasteiger partial charge in [-0.25, -0.2) is 0 Å². The first-order valence-electron chi connectivity index (χ1n) is 5.98. The lowest BCUT2D eigenvalue weighted by atomic mass is 10.1. The minimum atomic E-state index is -0.152. The molecule has 1 aliphatic rings. The Hall–Kier alpha value is -1.51. The van der Waals surface area contributed by atoms with Gasteiger partial charge in [-0.15, -0.1) is 0 Å². The van der Waals surface area contributed by atoms with Crippen molar-refractivity contribution in [2.75, 3.05) is 13.7 Å². The van der Waals surface area contributed by atoms with Crippen LogP contribution in [-0.2, 0) is 9.53 Å². The highest BCUT2D eigenvalue weighted by molar-refractivity contribution is 5.73. The molecule has 1 aromatic carbocycles. The summed E-state index contributed by atoms with van der Waals surface area (Å²) in [6, 6.07) is 7.84. The van der Waals surface area contributed by atoms with Crippen LogP contribution in [-0.4, -0.2) is 19.7 Å². The number of methoxy groups -OCH3 is 1. The fraction of sp³-hybridized carbons (Fsp3) is 0.500. The largest absolute Gasteiger partial charge is 0.492 e. The molecule has 0 aromatic heterocycles. The predicted octanol–water partition coefficient (Wildman–Crippen LogP) is 2.57. The van der Waals surface area contributed by atoms with E-state index in [4.69, 9.17) is 9.47 Å². The zero-order valence-corrected chi connectivity index (χ0v) is 10.3. The van der Waals surface area contributed by atoms with Crippen molar-refractivity contribution in [3.63, 3.8) is 0 Å². The van der Waals surface area contributed by atoms with Crippen molar-refractivity contribution in [1.29, 1.82) is 0 Å². The van der Waals surface area contributed by atoms with Crippen LogP contribution >= 0.6 is 0 Å². The summed E-state index contributed by atoms with van der Waals surface area (Å²) in [4.78, 5) is 11.6. The highest BCUT2D eigenvalue weighted by atomic mass is 16.5. The third-order valence-electron chi connectivity index (χ3n) is 3.21. The van der Waals surface area contributed by atoms with Gasteiger partial charge in [0.25, 0.3) is 0 Å². The maximum Gasteiger partial charge on any atom is 0.312 e. The van der Waals surface area contributed by atoms with Crippen molar-refractivity contribution < 1.29 is 14.3 Å². The predicted molar refractivity (Wildman–Crippen MR) is 64.9 cm³/mol. The van der Waals surface area contributed by atoms with Crippen molar-refractivity contribution in [3.05, 3.63) is 29.8 Å². The fourth-order valence-corrected chi connectivity index (χ4v) is 1.94. The summed E-state index contributed by atoms with van der Waals surface area (Å²) in [5.41, 5.74) is 1.09. The molecule has 0 saturated heterocycles. The number of carbonyl (C=O) groups is 1. The number of aryl methyl sites for hydroxylation is 1. The Bertz CT molecular complexity index is 396. The molecule has 1 aromatic rings. The highest BCUT2D eigenvalue weighted by Gasteiger charge is 2.37. The Kier molecular flexibility index (Phi) is 3.67. The molecular weight excluding hydrogens is 216 g/mol. The zero-order valence-electron chi connectivity index (χ0n) is 10.3. The van der Waals surface area contributed by atoms with Gasteiger partial charge in [0, 0.05) is 0 Å². The second-order valence-electron chi connectivity index (χ2n) is 4.54. The standard InChI is InChI=1S/C14H18O3/c1-10-5-3-4-6-13(10)17-9-12(11-7-8-11)14(15)16-2/h3-6,11-12H,7-9H2,1-2H3. The van der Waals surface area contributed by atoms with Crippen molar-refractivity contribution in [1.82, 2.24) is 0 Å². The number of rotatable bonds is 5. The molecule has 3 heteroatoms. The molecule has 1 unspecified atom stereocenters. The summed E-state index contributed by atoms with van der Waals surface area (Å²) < 4.78 is 10.5. The Morgan fingerprint density at radius 3 is 2.71 bits per heavy atom. The van der Waals surface area contributed by atoms with E-state index in [0.717, 1.165) is 24.2 Å². The molecule has 92 valence electrons. The molecule has 1 fully saturated rings. The van der Waals surface area contributed by atoms with Crippen molar-refractivity contribution in [3.8, 4) is 5.75 Å². The van der Waals surface area contributed by atoms with E-state index in [1.54, 1.807) is 0 Å². The summed E-state index contributed by atoms with van der Waals surface area (Å²) in [5, 5.41) is 0. The van der Waals surface area contributed by atoms with Crippen LogP contribution in [0.3, 0.4) is 0 Å². The lowest BCUT2D eigenvalue weighted by Crippen LogP contribution is -2.25. The average Bonchev–Trinajstić information content (AvgIpc) is 3.15. The second kappa shape index (κ2) is 5.21. The molecule has 2 rings (SSSR count). The van der Waals surface area contributed by atoms with Gasteiger partial charge < -0.3 is 9.47 Å². The molecule has 0 amide bonds. The molecule has 0 radical (unpaired) electrons. The van der Waals surface area contributed by atoms with E-state index < -0.39 is 0 Å². The maximum atomic E-state index is 11.6. The van der Waals surface area contributed by atoms with Crippen LogP contribution in [0.15, 0.2) is 24.3 Å². The summed E-state index contributed by atoms with van der Waals surface area (Å²) >= 11 is 0. The average molecular weight is 234 g/mol. The third-order valence-corrected chi connectivity index (χ3v) is 3.21. The van der Waals surface area contributed by atoms with Crippen LogP contribution in [0.5, 0.6) is 5.75 Å². The molecule has 0 aliphatic heterocycles. The zero-order chi connectivity index (χ0) is 12.3. The number of para-hydroxylation sites is 1. The lowest BCUT2D eigenvalue weighted by molar-refractivity contribution is -0.147. The van der Waals surface area contributed by atoms with Crippen LogP contribution in [0.25, 0.3) is 0 Å². The molecular formula is C14H18O3.